The maximum Gasteiger partial charge on any atom is 0.416 e. The third kappa shape index (κ3) is 4.05. The molecule has 0 saturated carbocycles. The molecular formula is C20H18F3N3O2. The minimum atomic E-state index is -4.51. The Morgan fingerprint density at radius 2 is 1.89 bits per heavy atom. The molecule has 0 fully saturated rings. The second-order valence-electron chi connectivity index (χ2n) is 6.25. The van der Waals surface area contributed by atoms with E-state index in [1.807, 2.05) is 12.1 Å². The van der Waals surface area contributed by atoms with Crippen LogP contribution in [0.3, 0.4) is 0 Å². The number of amides is 1. The molecule has 8 heteroatoms. The van der Waals surface area contributed by atoms with Crippen LogP contribution in [0.15, 0.2) is 53.7 Å². The predicted molar refractivity (Wildman–Crippen MR) is 99.2 cm³/mol. The Bertz CT molecular complexity index is 1060. The second kappa shape index (κ2) is 7.84. The molecule has 2 heterocycles. The normalized spacial score (nSPS) is 11.6. The van der Waals surface area contributed by atoms with Crippen molar-refractivity contribution in [3.05, 3.63) is 75.8 Å². The molecule has 146 valence electrons. The van der Waals surface area contributed by atoms with Crippen LogP contribution in [0.25, 0.3) is 10.9 Å². The van der Waals surface area contributed by atoms with E-state index in [1.54, 1.807) is 19.3 Å². The van der Waals surface area contributed by atoms with Crippen molar-refractivity contribution in [3.63, 3.8) is 0 Å². The van der Waals surface area contributed by atoms with Crippen LogP contribution in [-0.2, 0) is 19.1 Å². The zero-order chi connectivity index (χ0) is 20.3. The average Bonchev–Trinajstić information content (AvgIpc) is 2.68. The molecule has 2 aromatic heterocycles. The molecule has 0 atom stereocenters. The summed E-state index contributed by atoms with van der Waals surface area (Å²) in [5.41, 5.74) is -0.384. The number of benzene rings is 1. The molecule has 1 aromatic carbocycles. The topological polar surface area (TPSA) is 64.0 Å². The molecule has 0 bridgehead atoms. The van der Waals surface area contributed by atoms with E-state index in [0.717, 1.165) is 23.8 Å². The van der Waals surface area contributed by atoms with Gasteiger partial charge in [0.15, 0.2) is 0 Å². The lowest BCUT2D eigenvalue weighted by atomic mass is 10.1. The van der Waals surface area contributed by atoms with Crippen LogP contribution in [0, 0.1) is 0 Å². The van der Waals surface area contributed by atoms with Gasteiger partial charge in [-0.05, 0) is 49.2 Å². The molecule has 0 aliphatic carbocycles. The lowest BCUT2D eigenvalue weighted by molar-refractivity contribution is -0.137. The van der Waals surface area contributed by atoms with Crippen molar-refractivity contribution in [2.45, 2.75) is 26.1 Å². The number of carbonyl (C=O) groups is 1. The number of pyridine rings is 2. The van der Waals surface area contributed by atoms with Gasteiger partial charge in [0.05, 0.1) is 11.1 Å². The van der Waals surface area contributed by atoms with Gasteiger partial charge in [-0.1, -0.05) is 0 Å². The van der Waals surface area contributed by atoms with Gasteiger partial charge in [0.25, 0.3) is 5.91 Å². The Kier molecular flexibility index (Phi) is 5.48. The van der Waals surface area contributed by atoms with Crippen LogP contribution in [-0.4, -0.2) is 22.0 Å². The number of rotatable bonds is 5. The molecular weight excluding hydrogens is 371 g/mol. The molecule has 0 spiro atoms. The smallest absolute Gasteiger partial charge is 0.352 e. The van der Waals surface area contributed by atoms with Gasteiger partial charge < -0.3 is 9.88 Å². The van der Waals surface area contributed by atoms with Crippen molar-refractivity contribution in [1.82, 2.24) is 14.9 Å². The minimum absolute atomic E-state index is 0.0802. The van der Waals surface area contributed by atoms with Crippen molar-refractivity contribution < 1.29 is 18.0 Å². The highest BCUT2D eigenvalue weighted by Gasteiger charge is 2.31. The summed E-state index contributed by atoms with van der Waals surface area (Å²) in [5.74, 6) is -0.553. The average molecular weight is 389 g/mol. The Morgan fingerprint density at radius 1 is 1.18 bits per heavy atom. The van der Waals surface area contributed by atoms with Crippen molar-refractivity contribution in [3.8, 4) is 0 Å². The number of aryl methyl sites for hydroxylation is 1. The van der Waals surface area contributed by atoms with Gasteiger partial charge in [0, 0.05) is 37.1 Å². The van der Waals surface area contributed by atoms with Crippen LogP contribution in [0.1, 0.15) is 28.4 Å². The van der Waals surface area contributed by atoms with E-state index >= 15 is 0 Å². The molecule has 1 amide bonds. The van der Waals surface area contributed by atoms with Gasteiger partial charge in [-0.3, -0.25) is 14.6 Å². The van der Waals surface area contributed by atoms with Gasteiger partial charge in [-0.2, -0.15) is 13.2 Å². The fourth-order valence-corrected chi connectivity index (χ4v) is 2.96. The molecule has 0 saturated heterocycles. The molecule has 0 unspecified atom stereocenters. The summed E-state index contributed by atoms with van der Waals surface area (Å²) in [6, 6.07) is 6.57. The van der Waals surface area contributed by atoms with E-state index in [0.29, 0.717) is 19.5 Å². The third-order valence-corrected chi connectivity index (χ3v) is 4.44. The van der Waals surface area contributed by atoms with Gasteiger partial charge in [-0.15, -0.1) is 0 Å². The lowest BCUT2D eigenvalue weighted by Crippen LogP contribution is -2.31. The summed E-state index contributed by atoms with van der Waals surface area (Å²) in [5, 5.41) is 2.77. The van der Waals surface area contributed by atoms with Crippen LogP contribution in [0.5, 0.6) is 0 Å². The molecule has 5 nitrogen and oxygen atoms in total. The predicted octanol–water partition coefficient (Wildman–Crippen LogP) is 3.41. The monoisotopic (exact) mass is 389 g/mol. The standard InChI is InChI=1S/C20H18F3N3O2/c1-2-26-12-16(19(28)25-10-7-13-5-8-24-9-6-13)18(27)15-4-3-14(11-17(15)26)20(21,22)23/h3-6,8-9,11-12H,2,7,10H2,1H3,(H,25,28). The maximum absolute atomic E-state index is 13.0. The quantitative estimate of drug-likeness (QED) is 0.727. The Morgan fingerprint density at radius 3 is 2.54 bits per heavy atom. The molecule has 1 N–H and O–H groups in total. The molecule has 0 radical (unpaired) electrons. The van der Waals surface area contributed by atoms with Crippen molar-refractivity contribution in [2.24, 2.45) is 0 Å². The number of halogens is 3. The van der Waals surface area contributed by atoms with Gasteiger partial charge >= 0.3 is 6.18 Å². The fraction of sp³-hybridized carbons (Fsp3) is 0.250. The van der Waals surface area contributed by atoms with E-state index in [1.165, 1.54) is 10.8 Å². The summed E-state index contributed by atoms with van der Waals surface area (Å²) in [6.45, 7) is 2.37. The zero-order valence-corrected chi connectivity index (χ0v) is 15.1. The SMILES string of the molecule is CCn1cc(C(=O)NCCc2ccncc2)c(=O)c2ccc(C(F)(F)F)cc21. The van der Waals surface area contributed by atoms with E-state index in [9.17, 15) is 22.8 Å². The molecule has 0 aliphatic rings. The van der Waals surface area contributed by atoms with Gasteiger partial charge in [-0.25, -0.2) is 0 Å². The van der Waals surface area contributed by atoms with E-state index in [4.69, 9.17) is 0 Å². The Hall–Kier alpha value is -3.16. The summed E-state index contributed by atoms with van der Waals surface area (Å²) in [4.78, 5) is 29.1. The highest BCUT2D eigenvalue weighted by Crippen LogP contribution is 2.31. The number of nitrogens with one attached hydrogen (secondary N) is 1. The van der Waals surface area contributed by atoms with Crippen LogP contribution in [0.2, 0.25) is 0 Å². The van der Waals surface area contributed by atoms with Gasteiger partial charge in [0.1, 0.15) is 5.56 Å². The number of alkyl halides is 3. The van der Waals surface area contributed by atoms with E-state index in [-0.39, 0.29) is 16.5 Å². The lowest BCUT2D eigenvalue weighted by Gasteiger charge is -2.14. The number of aromatic nitrogens is 2. The first-order valence-electron chi connectivity index (χ1n) is 8.72. The van der Waals surface area contributed by atoms with Gasteiger partial charge in [0.2, 0.25) is 5.43 Å². The fourth-order valence-electron chi connectivity index (χ4n) is 2.96. The first-order chi connectivity index (χ1) is 13.3. The highest BCUT2D eigenvalue weighted by molar-refractivity contribution is 5.97. The number of nitrogens with zero attached hydrogens (tertiary/aromatic N) is 2. The van der Waals surface area contributed by atoms with Crippen molar-refractivity contribution in [2.75, 3.05) is 6.54 Å². The largest absolute Gasteiger partial charge is 0.416 e. The maximum atomic E-state index is 13.0. The van der Waals surface area contributed by atoms with E-state index < -0.39 is 23.1 Å². The Labute approximate surface area is 158 Å². The molecule has 0 aliphatic heterocycles. The van der Waals surface area contributed by atoms with Crippen LogP contribution >= 0.6 is 0 Å². The molecule has 28 heavy (non-hydrogen) atoms. The van der Waals surface area contributed by atoms with Crippen molar-refractivity contribution in [1.29, 1.82) is 0 Å². The van der Waals surface area contributed by atoms with Crippen LogP contribution in [0.4, 0.5) is 13.2 Å². The summed E-state index contributed by atoms with van der Waals surface area (Å²) < 4.78 is 40.4. The molecule has 3 rings (SSSR count). The van der Waals surface area contributed by atoms with Crippen molar-refractivity contribution >= 4 is 16.8 Å². The third-order valence-electron chi connectivity index (χ3n) is 4.44. The zero-order valence-electron chi connectivity index (χ0n) is 15.1. The van der Waals surface area contributed by atoms with E-state index in [2.05, 4.69) is 10.3 Å². The van der Waals surface area contributed by atoms with Crippen LogP contribution < -0.4 is 10.7 Å². The highest BCUT2D eigenvalue weighted by atomic mass is 19.4. The first kappa shape index (κ1) is 19.6. The number of carbonyl (C=O) groups excluding carboxylic acids is 1. The first-order valence-corrected chi connectivity index (χ1v) is 8.72. The number of hydrogen-bond acceptors (Lipinski definition) is 3. The molecule has 3 aromatic rings. The summed E-state index contributed by atoms with van der Waals surface area (Å²) in [6.07, 6.45) is 0.669. The Balaban J connectivity index is 1.90. The number of hydrogen-bond donors (Lipinski definition) is 1. The summed E-state index contributed by atoms with van der Waals surface area (Å²) >= 11 is 0. The second-order valence-corrected chi connectivity index (χ2v) is 6.25. The number of fused-ring (bicyclic) bond motifs is 1. The minimum Gasteiger partial charge on any atom is -0.352 e. The summed E-state index contributed by atoms with van der Waals surface area (Å²) in [7, 11) is 0.